The van der Waals surface area contributed by atoms with Crippen molar-refractivity contribution in [2.45, 2.75) is 6.92 Å². The van der Waals surface area contributed by atoms with Crippen LogP contribution in [-0.4, -0.2) is 10.9 Å². The summed E-state index contributed by atoms with van der Waals surface area (Å²) in [5.41, 5.74) is 3.43. The number of hydrogen-bond acceptors (Lipinski definition) is 3. The van der Waals surface area contributed by atoms with Crippen LogP contribution in [0, 0.1) is 6.92 Å². The number of rotatable bonds is 1. The summed E-state index contributed by atoms with van der Waals surface area (Å²) < 4.78 is 0. The van der Waals surface area contributed by atoms with Gasteiger partial charge < -0.3 is 0 Å². The first-order valence-corrected chi connectivity index (χ1v) is 3.17. The minimum atomic E-state index is -0.287. The summed E-state index contributed by atoms with van der Waals surface area (Å²) in [7, 11) is 0. The third-order valence-corrected chi connectivity index (χ3v) is 1.40. The second-order valence-corrected chi connectivity index (χ2v) is 2.16. The van der Waals surface area contributed by atoms with E-state index in [-0.39, 0.29) is 5.91 Å². The predicted molar refractivity (Wildman–Crippen MR) is 40.6 cm³/mol. The first kappa shape index (κ1) is 7.68. The summed E-state index contributed by atoms with van der Waals surface area (Å²) in [5.74, 6) is 4.67. The molecule has 1 aromatic heterocycles. The van der Waals surface area contributed by atoms with Gasteiger partial charge in [-0.1, -0.05) is 0 Å². The minimum Gasteiger partial charge on any atom is -0.290 e. The minimum absolute atomic E-state index is 0.287. The lowest BCUT2D eigenvalue weighted by molar-refractivity contribution is 0.0953. The first-order chi connectivity index (χ1) is 5.25. The number of hydrazine groups is 1. The molecule has 0 radical (unpaired) electrons. The number of carbonyl (C=O) groups is 1. The van der Waals surface area contributed by atoms with Crippen molar-refractivity contribution in [3.05, 3.63) is 29.6 Å². The molecular formula is C7H9N3O. The second kappa shape index (κ2) is 3.12. The molecule has 4 heteroatoms. The van der Waals surface area contributed by atoms with E-state index in [0.29, 0.717) is 5.56 Å². The smallest absolute Gasteiger partial charge is 0.265 e. The van der Waals surface area contributed by atoms with Gasteiger partial charge in [0.05, 0.1) is 0 Å². The third kappa shape index (κ3) is 1.53. The molecule has 0 aliphatic carbocycles. The number of carbonyl (C=O) groups excluding carboxylic acids is 1. The molecule has 0 aromatic carbocycles. The molecule has 0 fully saturated rings. The van der Waals surface area contributed by atoms with Gasteiger partial charge in [-0.15, -0.1) is 0 Å². The molecule has 11 heavy (non-hydrogen) atoms. The van der Waals surface area contributed by atoms with Crippen LogP contribution in [-0.2, 0) is 0 Å². The number of pyridine rings is 1. The zero-order valence-corrected chi connectivity index (χ0v) is 6.16. The van der Waals surface area contributed by atoms with Crippen molar-refractivity contribution in [1.29, 1.82) is 0 Å². The molecule has 1 aromatic rings. The van der Waals surface area contributed by atoms with Gasteiger partial charge in [-0.25, -0.2) is 5.84 Å². The Morgan fingerprint density at radius 2 is 2.45 bits per heavy atom. The molecule has 0 bridgehead atoms. The third-order valence-electron chi connectivity index (χ3n) is 1.40. The van der Waals surface area contributed by atoms with Gasteiger partial charge in [-0.2, -0.15) is 0 Å². The van der Waals surface area contributed by atoms with Crippen LogP contribution in [0.2, 0.25) is 0 Å². The van der Waals surface area contributed by atoms with Crippen LogP contribution in [0.15, 0.2) is 18.5 Å². The second-order valence-electron chi connectivity index (χ2n) is 2.16. The average Bonchev–Trinajstić information content (AvgIpc) is 2.04. The van der Waals surface area contributed by atoms with Gasteiger partial charge in [0.2, 0.25) is 0 Å². The van der Waals surface area contributed by atoms with Gasteiger partial charge in [-0.05, 0) is 18.6 Å². The van der Waals surface area contributed by atoms with E-state index in [4.69, 9.17) is 5.84 Å². The van der Waals surface area contributed by atoms with Crippen molar-refractivity contribution in [3.63, 3.8) is 0 Å². The maximum absolute atomic E-state index is 11.0. The molecule has 4 nitrogen and oxygen atoms in total. The molecular weight excluding hydrogens is 142 g/mol. The highest BCUT2D eigenvalue weighted by Crippen LogP contribution is 2.03. The lowest BCUT2D eigenvalue weighted by atomic mass is 10.1. The largest absolute Gasteiger partial charge is 0.290 e. The molecule has 0 spiro atoms. The molecule has 0 aliphatic heterocycles. The van der Waals surface area contributed by atoms with E-state index in [0.717, 1.165) is 5.56 Å². The van der Waals surface area contributed by atoms with E-state index < -0.39 is 0 Å². The highest BCUT2D eigenvalue weighted by atomic mass is 16.2. The van der Waals surface area contributed by atoms with Crippen molar-refractivity contribution < 1.29 is 4.79 Å². The highest BCUT2D eigenvalue weighted by molar-refractivity contribution is 5.94. The van der Waals surface area contributed by atoms with Crippen molar-refractivity contribution in [3.8, 4) is 0 Å². The van der Waals surface area contributed by atoms with Crippen LogP contribution >= 0.6 is 0 Å². The zero-order valence-electron chi connectivity index (χ0n) is 6.16. The summed E-state index contributed by atoms with van der Waals surface area (Å²) in [5, 5.41) is 0. The number of hydrogen-bond donors (Lipinski definition) is 2. The number of nitrogens with zero attached hydrogens (tertiary/aromatic N) is 1. The van der Waals surface area contributed by atoms with Gasteiger partial charge in [0.25, 0.3) is 5.91 Å². The molecule has 58 valence electrons. The Morgan fingerprint density at radius 1 is 1.73 bits per heavy atom. The lowest BCUT2D eigenvalue weighted by Gasteiger charge is -2.00. The van der Waals surface area contributed by atoms with Gasteiger partial charge in [0.15, 0.2) is 0 Å². The van der Waals surface area contributed by atoms with E-state index in [1.54, 1.807) is 25.4 Å². The van der Waals surface area contributed by atoms with Crippen LogP contribution in [0.5, 0.6) is 0 Å². The van der Waals surface area contributed by atoms with Crippen molar-refractivity contribution in [2.24, 2.45) is 5.84 Å². The van der Waals surface area contributed by atoms with Crippen LogP contribution < -0.4 is 11.3 Å². The Labute approximate surface area is 64.4 Å². The maximum atomic E-state index is 11.0. The van der Waals surface area contributed by atoms with Gasteiger partial charge >= 0.3 is 0 Å². The Balaban J connectivity index is 3.03. The fourth-order valence-corrected chi connectivity index (χ4v) is 0.806. The Kier molecular flexibility index (Phi) is 2.18. The lowest BCUT2D eigenvalue weighted by Crippen LogP contribution is -2.30. The summed E-state index contributed by atoms with van der Waals surface area (Å²) in [4.78, 5) is 14.8. The fraction of sp³-hybridized carbons (Fsp3) is 0.143. The van der Waals surface area contributed by atoms with Crippen molar-refractivity contribution in [2.75, 3.05) is 0 Å². The van der Waals surface area contributed by atoms with E-state index in [1.807, 2.05) is 0 Å². The molecule has 0 aliphatic rings. The standard InChI is InChI=1S/C7H9N3O/c1-5-4-9-3-2-6(5)7(11)10-8/h2-4H,8H2,1H3,(H,10,11). The molecule has 1 rings (SSSR count). The van der Waals surface area contributed by atoms with Gasteiger partial charge in [-0.3, -0.25) is 15.2 Å². The van der Waals surface area contributed by atoms with Crippen LogP contribution in [0.1, 0.15) is 15.9 Å². The number of amides is 1. The number of aromatic nitrogens is 1. The monoisotopic (exact) mass is 151 g/mol. The molecule has 0 unspecified atom stereocenters. The van der Waals surface area contributed by atoms with Crippen LogP contribution in [0.4, 0.5) is 0 Å². The predicted octanol–water partition coefficient (Wildman–Crippen LogP) is -0.00648. The molecule has 0 saturated carbocycles. The number of nitrogens with two attached hydrogens (primary N) is 1. The highest BCUT2D eigenvalue weighted by Gasteiger charge is 2.04. The van der Waals surface area contributed by atoms with E-state index >= 15 is 0 Å². The normalized spacial score (nSPS) is 9.27. The van der Waals surface area contributed by atoms with E-state index in [1.165, 1.54) is 0 Å². The van der Waals surface area contributed by atoms with Crippen LogP contribution in [0.25, 0.3) is 0 Å². The Hall–Kier alpha value is -1.42. The Morgan fingerprint density at radius 3 is 3.00 bits per heavy atom. The van der Waals surface area contributed by atoms with Crippen molar-refractivity contribution in [1.82, 2.24) is 10.4 Å². The van der Waals surface area contributed by atoms with E-state index in [2.05, 4.69) is 10.4 Å². The summed E-state index contributed by atoms with van der Waals surface area (Å²) in [6.07, 6.45) is 3.17. The summed E-state index contributed by atoms with van der Waals surface area (Å²) in [6.45, 7) is 1.80. The zero-order chi connectivity index (χ0) is 8.27. The number of aryl methyl sites for hydroxylation is 1. The van der Waals surface area contributed by atoms with Crippen LogP contribution in [0.3, 0.4) is 0 Å². The molecule has 0 atom stereocenters. The average molecular weight is 151 g/mol. The topological polar surface area (TPSA) is 68.0 Å². The number of nitrogen functional groups attached to an aromatic ring is 1. The fourth-order valence-electron chi connectivity index (χ4n) is 0.806. The summed E-state index contributed by atoms with van der Waals surface area (Å²) in [6, 6.07) is 1.62. The molecule has 0 saturated heterocycles. The van der Waals surface area contributed by atoms with E-state index in [9.17, 15) is 4.79 Å². The molecule has 1 heterocycles. The first-order valence-electron chi connectivity index (χ1n) is 3.17. The van der Waals surface area contributed by atoms with Gasteiger partial charge in [0, 0.05) is 18.0 Å². The van der Waals surface area contributed by atoms with Gasteiger partial charge in [0.1, 0.15) is 0 Å². The number of nitrogens with one attached hydrogen (secondary N) is 1. The summed E-state index contributed by atoms with van der Waals surface area (Å²) >= 11 is 0. The van der Waals surface area contributed by atoms with Crippen molar-refractivity contribution >= 4 is 5.91 Å². The molecule has 3 N–H and O–H groups in total. The molecule has 1 amide bonds. The maximum Gasteiger partial charge on any atom is 0.265 e. The SMILES string of the molecule is Cc1cnccc1C(=O)NN. The Bertz CT molecular complexity index is 272. The quantitative estimate of drug-likeness (QED) is 0.337.